The molecule has 0 atom stereocenters. The predicted octanol–water partition coefficient (Wildman–Crippen LogP) is 3.45. The SMILES string of the molecule is CCCCc1nc2ccc(Cl)cn2c(=O)c1Br. The topological polar surface area (TPSA) is 34.4 Å². The monoisotopic (exact) mass is 314 g/mol. The molecule has 0 saturated heterocycles. The summed E-state index contributed by atoms with van der Waals surface area (Å²) in [6, 6.07) is 3.49. The largest absolute Gasteiger partial charge is 0.272 e. The van der Waals surface area contributed by atoms with Gasteiger partial charge in [-0.1, -0.05) is 24.9 Å². The number of fused-ring (bicyclic) bond motifs is 1. The minimum Gasteiger partial charge on any atom is -0.268 e. The van der Waals surface area contributed by atoms with E-state index in [0.717, 1.165) is 25.0 Å². The van der Waals surface area contributed by atoms with Crippen molar-refractivity contribution in [1.82, 2.24) is 9.38 Å². The number of aryl methyl sites for hydroxylation is 1. The van der Waals surface area contributed by atoms with Gasteiger partial charge in [0.05, 0.1) is 10.7 Å². The summed E-state index contributed by atoms with van der Waals surface area (Å²) in [5.74, 6) is 0. The van der Waals surface area contributed by atoms with Crippen molar-refractivity contribution in [2.45, 2.75) is 26.2 Å². The molecular formula is C12H12BrClN2O. The van der Waals surface area contributed by atoms with Crippen molar-refractivity contribution < 1.29 is 0 Å². The molecule has 0 bridgehead atoms. The van der Waals surface area contributed by atoms with E-state index in [4.69, 9.17) is 11.6 Å². The van der Waals surface area contributed by atoms with Crippen LogP contribution >= 0.6 is 27.5 Å². The molecule has 90 valence electrons. The molecule has 0 unspecified atom stereocenters. The van der Waals surface area contributed by atoms with Crippen molar-refractivity contribution in [1.29, 1.82) is 0 Å². The third-order valence-electron chi connectivity index (χ3n) is 2.57. The Balaban J connectivity index is 2.62. The number of aromatic nitrogens is 2. The smallest absolute Gasteiger partial charge is 0.268 e. The third-order valence-corrected chi connectivity index (χ3v) is 3.59. The van der Waals surface area contributed by atoms with Crippen molar-refractivity contribution in [3.05, 3.63) is 43.9 Å². The molecule has 0 aliphatic heterocycles. The number of nitrogens with zero attached hydrogens (tertiary/aromatic N) is 2. The van der Waals surface area contributed by atoms with Crippen molar-refractivity contribution in [2.75, 3.05) is 0 Å². The summed E-state index contributed by atoms with van der Waals surface area (Å²) in [4.78, 5) is 16.6. The fourth-order valence-electron chi connectivity index (χ4n) is 1.65. The van der Waals surface area contributed by atoms with Crippen LogP contribution in [-0.4, -0.2) is 9.38 Å². The van der Waals surface area contributed by atoms with Gasteiger partial charge in [0, 0.05) is 6.20 Å². The van der Waals surface area contributed by atoms with Gasteiger partial charge in [0.25, 0.3) is 5.56 Å². The zero-order chi connectivity index (χ0) is 12.4. The van der Waals surface area contributed by atoms with Gasteiger partial charge in [-0.3, -0.25) is 9.20 Å². The molecule has 0 fully saturated rings. The molecule has 0 aliphatic carbocycles. The van der Waals surface area contributed by atoms with Crippen LogP contribution in [0.3, 0.4) is 0 Å². The standard InChI is InChI=1S/C12H12BrClN2O/c1-2-3-4-9-11(13)12(17)16-7-8(14)5-6-10(16)15-9/h5-7H,2-4H2,1H3. The normalized spacial score (nSPS) is 11.0. The average Bonchev–Trinajstić information content (AvgIpc) is 2.33. The zero-order valence-corrected chi connectivity index (χ0v) is 11.8. The van der Waals surface area contributed by atoms with Crippen LogP contribution < -0.4 is 5.56 Å². The van der Waals surface area contributed by atoms with E-state index in [2.05, 4.69) is 27.8 Å². The van der Waals surface area contributed by atoms with Gasteiger partial charge < -0.3 is 0 Å². The first kappa shape index (κ1) is 12.6. The lowest BCUT2D eigenvalue weighted by Gasteiger charge is -2.06. The summed E-state index contributed by atoms with van der Waals surface area (Å²) >= 11 is 9.18. The van der Waals surface area contributed by atoms with Crippen molar-refractivity contribution in [3.8, 4) is 0 Å². The maximum absolute atomic E-state index is 12.1. The van der Waals surface area contributed by atoms with Crippen LogP contribution in [0.25, 0.3) is 5.65 Å². The molecular weight excluding hydrogens is 304 g/mol. The number of unbranched alkanes of at least 4 members (excludes halogenated alkanes) is 1. The van der Waals surface area contributed by atoms with Gasteiger partial charge in [0.15, 0.2) is 0 Å². The summed E-state index contributed by atoms with van der Waals surface area (Å²) in [6.45, 7) is 2.11. The quantitative estimate of drug-likeness (QED) is 0.869. The van der Waals surface area contributed by atoms with Crippen molar-refractivity contribution in [3.63, 3.8) is 0 Å². The molecule has 0 spiro atoms. The summed E-state index contributed by atoms with van der Waals surface area (Å²) < 4.78 is 1.99. The lowest BCUT2D eigenvalue weighted by molar-refractivity contribution is 0.768. The lowest BCUT2D eigenvalue weighted by atomic mass is 10.2. The zero-order valence-electron chi connectivity index (χ0n) is 9.41. The van der Waals surface area contributed by atoms with E-state index >= 15 is 0 Å². The second-order valence-corrected chi connectivity index (χ2v) is 5.09. The van der Waals surface area contributed by atoms with E-state index in [1.807, 2.05) is 0 Å². The molecule has 2 heterocycles. The molecule has 0 aromatic carbocycles. The molecule has 2 aromatic rings. The number of rotatable bonds is 3. The van der Waals surface area contributed by atoms with E-state index in [-0.39, 0.29) is 5.56 Å². The van der Waals surface area contributed by atoms with Crippen LogP contribution in [0.5, 0.6) is 0 Å². The highest BCUT2D eigenvalue weighted by atomic mass is 79.9. The molecule has 0 N–H and O–H groups in total. The van der Waals surface area contributed by atoms with Gasteiger partial charge >= 0.3 is 0 Å². The Kier molecular flexibility index (Phi) is 3.84. The van der Waals surface area contributed by atoms with Crippen LogP contribution in [0.15, 0.2) is 27.6 Å². The molecule has 0 saturated carbocycles. The lowest BCUT2D eigenvalue weighted by Crippen LogP contribution is -2.18. The van der Waals surface area contributed by atoms with Gasteiger partial charge in [-0.2, -0.15) is 0 Å². The highest BCUT2D eigenvalue weighted by Gasteiger charge is 2.09. The molecule has 0 aliphatic rings. The van der Waals surface area contributed by atoms with Gasteiger partial charge in [-0.25, -0.2) is 4.98 Å². The first-order valence-electron chi connectivity index (χ1n) is 5.49. The number of pyridine rings is 1. The Morgan fingerprint density at radius 3 is 2.94 bits per heavy atom. The Bertz CT molecular complexity index is 609. The van der Waals surface area contributed by atoms with Crippen molar-refractivity contribution in [2.24, 2.45) is 0 Å². The van der Waals surface area contributed by atoms with Crippen LogP contribution in [0.4, 0.5) is 0 Å². The van der Waals surface area contributed by atoms with Crippen molar-refractivity contribution >= 4 is 33.2 Å². The van der Waals surface area contributed by atoms with Gasteiger partial charge in [-0.15, -0.1) is 0 Å². The Morgan fingerprint density at radius 2 is 2.24 bits per heavy atom. The highest BCUT2D eigenvalue weighted by molar-refractivity contribution is 9.10. The Hall–Kier alpha value is -0.870. The summed E-state index contributed by atoms with van der Waals surface area (Å²) in [5.41, 5.74) is 1.34. The summed E-state index contributed by atoms with van der Waals surface area (Å²) in [7, 11) is 0. The molecule has 2 aromatic heterocycles. The minimum atomic E-state index is -0.108. The number of halogens is 2. The molecule has 5 heteroatoms. The van der Waals surface area contributed by atoms with E-state index in [1.54, 1.807) is 18.3 Å². The highest BCUT2D eigenvalue weighted by Crippen LogP contribution is 2.15. The van der Waals surface area contributed by atoms with Gasteiger partial charge in [-0.05, 0) is 40.9 Å². The third kappa shape index (κ3) is 2.53. The number of hydrogen-bond donors (Lipinski definition) is 0. The Morgan fingerprint density at radius 1 is 1.47 bits per heavy atom. The second-order valence-electron chi connectivity index (χ2n) is 3.86. The second kappa shape index (κ2) is 5.19. The van der Waals surface area contributed by atoms with Gasteiger partial charge in [0.2, 0.25) is 0 Å². The Labute approximate surface area is 113 Å². The maximum Gasteiger partial charge on any atom is 0.272 e. The molecule has 17 heavy (non-hydrogen) atoms. The predicted molar refractivity (Wildman–Crippen MR) is 72.8 cm³/mol. The maximum atomic E-state index is 12.1. The van der Waals surface area contributed by atoms with E-state index in [1.165, 1.54) is 4.40 Å². The first-order valence-corrected chi connectivity index (χ1v) is 6.67. The minimum absolute atomic E-state index is 0.108. The van der Waals surface area contributed by atoms with Crippen LogP contribution in [0.2, 0.25) is 5.02 Å². The summed E-state index contributed by atoms with van der Waals surface area (Å²) in [6.07, 6.45) is 4.49. The van der Waals surface area contributed by atoms with E-state index < -0.39 is 0 Å². The van der Waals surface area contributed by atoms with Crippen LogP contribution in [0.1, 0.15) is 25.5 Å². The van der Waals surface area contributed by atoms with E-state index in [0.29, 0.717) is 15.1 Å². The van der Waals surface area contributed by atoms with E-state index in [9.17, 15) is 4.79 Å². The number of hydrogen-bond acceptors (Lipinski definition) is 2. The molecule has 2 rings (SSSR count). The average molecular weight is 316 g/mol. The fourth-order valence-corrected chi connectivity index (χ4v) is 2.29. The van der Waals surface area contributed by atoms with Crippen LogP contribution in [0, 0.1) is 0 Å². The molecule has 0 amide bonds. The molecule has 0 radical (unpaired) electrons. The first-order chi connectivity index (χ1) is 8.13. The fraction of sp³-hybridized carbons (Fsp3) is 0.333. The van der Waals surface area contributed by atoms with Crippen LogP contribution in [-0.2, 0) is 6.42 Å². The van der Waals surface area contributed by atoms with Gasteiger partial charge in [0.1, 0.15) is 10.1 Å². The molecule has 3 nitrogen and oxygen atoms in total. The summed E-state index contributed by atoms with van der Waals surface area (Å²) in [5, 5.41) is 0.523.